The Kier molecular flexibility index (Phi) is 7.59. The molecule has 0 fully saturated rings. The third kappa shape index (κ3) is 6.82. The summed E-state index contributed by atoms with van der Waals surface area (Å²) in [5, 5.41) is 5.10. The van der Waals surface area contributed by atoms with E-state index in [0.717, 1.165) is 6.42 Å². The first-order valence-corrected chi connectivity index (χ1v) is 7.33. The maximum atomic E-state index is 11.8. The van der Waals surface area contributed by atoms with Gasteiger partial charge in [0.25, 0.3) is 11.8 Å². The Morgan fingerprint density at radius 2 is 1.83 bits per heavy atom. The SMILES string of the molecule is CC[C@H](C)NC(=O)COC(=O)CNC(=O)c1ccc(OC)cc1. The maximum Gasteiger partial charge on any atom is 0.325 e. The number of amides is 2. The van der Waals surface area contributed by atoms with Gasteiger partial charge in [-0.25, -0.2) is 0 Å². The van der Waals surface area contributed by atoms with Crippen molar-refractivity contribution in [1.82, 2.24) is 10.6 Å². The van der Waals surface area contributed by atoms with Crippen molar-refractivity contribution in [3.63, 3.8) is 0 Å². The summed E-state index contributed by atoms with van der Waals surface area (Å²) in [4.78, 5) is 34.8. The third-order valence-electron chi connectivity index (χ3n) is 3.13. The second-order valence-electron chi connectivity index (χ2n) is 4.95. The monoisotopic (exact) mass is 322 g/mol. The molecule has 0 aliphatic heterocycles. The number of benzene rings is 1. The van der Waals surface area contributed by atoms with Crippen molar-refractivity contribution in [2.45, 2.75) is 26.3 Å². The highest BCUT2D eigenvalue weighted by Crippen LogP contribution is 2.10. The lowest BCUT2D eigenvalue weighted by Gasteiger charge is -2.11. The minimum absolute atomic E-state index is 0.0241. The molecule has 7 heteroatoms. The van der Waals surface area contributed by atoms with E-state index in [9.17, 15) is 14.4 Å². The highest BCUT2D eigenvalue weighted by molar-refractivity contribution is 5.96. The van der Waals surface area contributed by atoms with Crippen molar-refractivity contribution in [1.29, 1.82) is 0 Å². The summed E-state index contributed by atoms with van der Waals surface area (Å²) in [5.41, 5.74) is 0.396. The Morgan fingerprint density at radius 3 is 2.39 bits per heavy atom. The standard InChI is InChI=1S/C16H22N2O5/c1-4-11(2)18-14(19)10-23-15(20)9-17-16(21)12-5-7-13(22-3)8-6-12/h5-8,11H,4,9-10H2,1-3H3,(H,17,21)(H,18,19)/t11-/m0/s1. The minimum atomic E-state index is -0.675. The predicted octanol–water partition coefficient (Wildman–Crippen LogP) is 0.883. The third-order valence-corrected chi connectivity index (χ3v) is 3.13. The van der Waals surface area contributed by atoms with Gasteiger partial charge in [0, 0.05) is 11.6 Å². The van der Waals surface area contributed by atoms with Crippen LogP contribution in [0.4, 0.5) is 0 Å². The zero-order valence-corrected chi connectivity index (χ0v) is 13.5. The fourth-order valence-electron chi connectivity index (χ4n) is 1.61. The van der Waals surface area contributed by atoms with Gasteiger partial charge in [0.2, 0.25) is 0 Å². The normalized spacial score (nSPS) is 11.3. The number of ether oxygens (including phenoxy) is 2. The molecule has 1 atom stereocenters. The number of methoxy groups -OCH3 is 1. The average molecular weight is 322 g/mol. The summed E-state index contributed by atoms with van der Waals surface area (Å²) >= 11 is 0. The van der Waals surface area contributed by atoms with Gasteiger partial charge >= 0.3 is 5.97 Å². The van der Waals surface area contributed by atoms with Crippen molar-refractivity contribution in [2.75, 3.05) is 20.3 Å². The predicted molar refractivity (Wildman–Crippen MR) is 84.2 cm³/mol. The van der Waals surface area contributed by atoms with E-state index in [1.165, 1.54) is 7.11 Å². The first-order valence-electron chi connectivity index (χ1n) is 7.33. The summed E-state index contributed by atoms with van der Waals surface area (Å²) in [6.07, 6.45) is 0.789. The van der Waals surface area contributed by atoms with E-state index < -0.39 is 11.9 Å². The summed E-state index contributed by atoms with van der Waals surface area (Å²) in [7, 11) is 1.53. The van der Waals surface area contributed by atoms with E-state index in [0.29, 0.717) is 11.3 Å². The number of rotatable bonds is 8. The van der Waals surface area contributed by atoms with Crippen LogP contribution in [0.25, 0.3) is 0 Å². The van der Waals surface area contributed by atoms with Crippen molar-refractivity contribution in [3.05, 3.63) is 29.8 Å². The van der Waals surface area contributed by atoms with Gasteiger partial charge in [-0.3, -0.25) is 14.4 Å². The molecule has 0 radical (unpaired) electrons. The van der Waals surface area contributed by atoms with Crippen LogP contribution in [0.15, 0.2) is 24.3 Å². The molecule has 0 aliphatic carbocycles. The molecule has 0 saturated carbocycles. The highest BCUT2D eigenvalue weighted by Gasteiger charge is 2.11. The van der Waals surface area contributed by atoms with E-state index in [-0.39, 0.29) is 25.1 Å². The van der Waals surface area contributed by atoms with Crippen molar-refractivity contribution >= 4 is 17.8 Å². The quantitative estimate of drug-likeness (QED) is 0.693. The number of nitrogens with one attached hydrogen (secondary N) is 2. The maximum absolute atomic E-state index is 11.8. The topological polar surface area (TPSA) is 93.7 Å². The molecule has 0 saturated heterocycles. The Balaban J connectivity index is 2.32. The Labute approximate surface area is 135 Å². The molecule has 2 N–H and O–H groups in total. The summed E-state index contributed by atoms with van der Waals surface area (Å²) in [6, 6.07) is 6.48. The van der Waals surface area contributed by atoms with Gasteiger partial charge in [-0.05, 0) is 37.6 Å². The van der Waals surface area contributed by atoms with Crippen molar-refractivity contribution in [2.24, 2.45) is 0 Å². The number of carbonyl (C=O) groups excluding carboxylic acids is 3. The molecule has 7 nitrogen and oxygen atoms in total. The van der Waals surface area contributed by atoms with Crippen LogP contribution in [0.2, 0.25) is 0 Å². The van der Waals surface area contributed by atoms with E-state index in [1.807, 2.05) is 13.8 Å². The smallest absolute Gasteiger partial charge is 0.325 e. The molecule has 0 heterocycles. The molecule has 0 spiro atoms. The van der Waals surface area contributed by atoms with Crippen molar-refractivity contribution in [3.8, 4) is 5.75 Å². The second-order valence-corrected chi connectivity index (χ2v) is 4.95. The molecule has 0 bridgehead atoms. The number of hydrogen-bond acceptors (Lipinski definition) is 5. The molecule has 0 aromatic heterocycles. The first kappa shape index (κ1) is 18.5. The summed E-state index contributed by atoms with van der Waals surface area (Å²) < 4.78 is 9.78. The van der Waals surface area contributed by atoms with Gasteiger partial charge in [-0.15, -0.1) is 0 Å². The van der Waals surface area contributed by atoms with Gasteiger partial charge in [-0.1, -0.05) is 6.92 Å². The molecule has 0 aliphatic rings. The molecule has 1 aromatic carbocycles. The molecule has 2 amide bonds. The van der Waals surface area contributed by atoms with Gasteiger partial charge in [0.1, 0.15) is 12.3 Å². The molecule has 1 rings (SSSR count). The number of hydrogen-bond donors (Lipinski definition) is 2. The fraction of sp³-hybridized carbons (Fsp3) is 0.438. The van der Waals surface area contributed by atoms with Gasteiger partial charge in [0.05, 0.1) is 7.11 Å². The van der Waals surface area contributed by atoms with Crippen LogP contribution >= 0.6 is 0 Å². The molecular formula is C16H22N2O5. The van der Waals surface area contributed by atoms with Gasteiger partial charge < -0.3 is 20.1 Å². The van der Waals surface area contributed by atoms with E-state index in [4.69, 9.17) is 9.47 Å². The lowest BCUT2D eigenvalue weighted by molar-refractivity contribution is -0.147. The Morgan fingerprint density at radius 1 is 1.17 bits per heavy atom. The largest absolute Gasteiger partial charge is 0.497 e. The van der Waals surface area contributed by atoms with Crippen LogP contribution in [-0.2, 0) is 14.3 Å². The zero-order chi connectivity index (χ0) is 17.2. The first-order chi connectivity index (χ1) is 11.0. The van der Waals surface area contributed by atoms with Crippen LogP contribution in [0.5, 0.6) is 5.75 Å². The molecular weight excluding hydrogens is 300 g/mol. The second kappa shape index (κ2) is 9.45. The number of carbonyl (C=O) groups is 3. The van der Waals surface area contributed by atoms with Crippen LogP contribution in [0.3, 0.4) is 0 Å². The minimum Gasteiger partial charge on any atom is -0.497 e. The molecule has 1 aromatic rings. The van der Waals surface area contributed by atoms with E-state index in [2.05, 4.69) is 10.6 Å². The zero-order valence-electron chi connectivity index (χ0n) is 13.5. The van der Waals surface area contributed by atoms with Crippen LogP contribution in [0, 0.1) is 0 Å². The van der Waals surface area contributed by atoms with E-state index in [1.54, 1.807) is 24.3 Å². The van der Waals surface area contributed by atoms with Crippen molar-refractivity contribution < 1.29 is 23.9 Å². The molecule has 23 heavy (non-hydrogen) atoms. The summed E-state index contributed by atoms with van der Waals surface area (Å²) in [5.74, 6) is -0.817. The van der Waals surface area contributed by atoms with Gasteiger partial charge in [-0.2, -0.15) is 0 Å². The van der Waals surface area contributed by atoms with Crippen LogP contribution in [-0.4, -0.2) is 44.1 Å². The fourth-order valence-corrected chi connectivity index (χ4v) is 1.61. The van der Waals surface area contributed by atoms with Gasteiger partial charge in [0.15, 0.2) is 6.61 Å². The highest BCUT2D eigenvalue weighted by atomic mass is 16.5. The number of esters is 1. The van der Waals surface area contributed by atoms with Crippen LogP contribution < -0.4 is 15.4 Å². The van der Waals surface area contributed by atoms with Crippen LogP contribution in [0.1, 0.15) is 30.6 Å². The Bertz CT molecular complexity index is 542. The molecule has 0 unspecified atom stereocenters. The van der Waals surface area contributed by atoms with E-state index >= 15 is 0 Å². The lowest BCUT2D eigenvalue weighted by atomic mass is 10.2. The Hall–Kier alpha value is -2.57. The molecule has 126 valence electrons. The summed E-state index contributed by atoms with van der Waals surface area (Å²) in [6.45, 7) is 3.13. The lowest BCUT2D eigenvalue weighted by Crippen LogP contribution is -2.37. The average Bonchev–Trinajstić information content (AvgIpc) is 2.57.